The molecule has 2 unspecified atom stereocenters. The molecule has 1 saturated carbocycles. The molecule has 6 heteroatoms. The first kappa shape index (κ1) is 16.4. The topological polar surface area (TPSA) is 77.0 Å². The van der Waals surface area contributed by atoms with E-state index in [0.717, 1.165) is 32.1 Å². The van der Waals surface area contributed by atoms with Crippen molar-refractivity contribution in [1.29, 1.82) is 0 Å². The normalized spacial score (nSPS) is 35.9. The molecule has 2 aliphatic carbocycles. The van der Waals surface area contributed by atoms with E-state index in [1.807, 2.05) is 13.0 Å². The van der Waals surface area contributed by atoms with Crippen LogP contribution in [0.2, 0.25) is 0 Å². The molecule has 120 valence electrons. The minimum Gasteiger partial charge on any atom is -0.375 e. The van der Waals surface area contributed by atoms with Gasteiger partial charge in [0.2, 0.25) is 11.7 Å². The van der Waals surface area contributed by atoms with Crippen molar-refractivity contribution in [2.75, 3.05) is 13.7 Å². The molecular weight excluding hydrogens is 274 g/mol. The van der Waals surface area contributed by atoms with Crippen LogP contribution in [-0.4, -0.2) is 42.7 Å². The van der Waals surface area contributed by atoms with Crippen LogP contribution in [-0.2, 0) is 19.3 Å². The van der Waals surface area contributed by atoms with E-state index in [1.165, 1.54) is 7.11 Å². The van der Waals surface area contributed by atoms with Gasteiger partial charge in [0.1, 0.15) is 6.61 Å². The number of hydrogen-bond acceptors (Lipinski definition) is 5. The Bertz CT molecular complexity index is 378. The van der Waals surface area contributed by atoms with Crippen molar-refractivity contribution in [2.45, 2.75) is 57.0 Å². The van der Waals surface area contributed by atoms with Gasteiger partial charge in [0.05, 0.1) is 6.10 Å². The molecule has 1 amide bonds. The van der Waals surface area contributed by atoms with Crippen LogP contribution in [0.15, 0.2) is 12.2 Å². The molecule has 0 radical (unpaired) electrons. The molecule has 0 heterocycles. The molecule has 0 aromatic carbocycles. The van der Waals surface area contributed by atoms with Gasteiger partial charge in [-0.05, 0) is 38.2 Å². The number of aliphatic hydroxyl groups is 1. The van der Waals surface area contributed by atoms with Gasteiger partial charge in [0.25, 0.3) is 0 Å². The molecule has 6 nitrogen and oxygen atoms in total. The molecule has 2 atom stereocenters. The molecule has 2 N–H and O–H groups in total. The Kier molecular flexibility index (Phi) is 5.75. The van der Waals surface area contributed by atoms with Crippen molar-refractivity contribution in [3.05, 3.63) is 12.2 Å². The zero-order valence-corrected chi connectivity index (χ0v) is 12.7. The van der Waals surface area contributed by atoms with Crippen LogP contribution in [0.25, 0.3) is 0 Å². The van der Waals surface area contributed by atoms with Crippen LogP contribution in [0.4, 0.5) is 0 Å². The van der Waals surface area contributed by atoms with Gasteiger partial charge in [-0.15, -0.1) is 0 Å². The number of hydrogen-bond donors (Lipinski definition) is 2. The molecule has 0 aromatic rings. The number of carbonyl (C=O) groups excluding carboxylic acids is 1. The Labute approximate surface area is 125 Å². The molecule has 0 bridgehead atoms. The van der Waals surface area contributed by atoms with Gasteiger partial charge >= 0.3 is 0 Å². The lowest BCUT2D eigenvalue weighted by Gasteiger charge is -2.31. The lowest BCUT2D eigenvalue weighted by Crippen LogP contribution is -2.41. The fourth-order valence-corrected chi connectivity index (χ4v) is 2.73. The van der Waals surface area contributed by atoms with Crippen molar-refractivity contribution in [1.82, 2.24) is 5.32 Å². The van der Waals surface area contributed by atoms with Gasteiger partial charge in [0, 0.05) is 19.1 Å². The minimum absolute atomic E-state index is 0.00201. The van der Waals surface area contributed by atoms with Gasteiger partial charge in [-0.1, -0.05) is 13.0 Å². The number of allylic oxidation sites excluding steroid dienone is 1. The number of carbonyl (C=O) groups is 1. The highest BCUT2D eigenvalue weighted by Crippen LogP contribution is 2.32. The summed E-state index contributed by atoms with van der Waals surface area (Å²) >= 11 is 0. The van der Waals surface area contributed by atoms with Crippen LogP contribution >= 0.6 is 0 Å². The third-order valence-electron chi connectivity index (χ3n) is 4.18. The van der Waals surface area contributed by atoms with Crippen molar-refractivity contribution in [3.8, 4) is 0 Å². The Hall–Kier alpha value is -0.950. The fourth-order valence-electron chi connectivity index (χ4n) is 2.73. The van der Waals surface area contributed by atoms with Crippen molar-refractivity contribution >= 4 is 5.91 Å². The van der Waals surface area contributed by atoms with Crippen LogP contribution in [0.5, 0.6) is 0 Å². The summed E-state index contributed by atoms with van der Waals surface area (Å²) in [6.45, 7) is 2.02. The number of ether oxygens (including phenoxy) is 1. The van der Waals surface area contributed by atoms with E-state index in [1.54, 1.807) is 6.08 Å². The third-order valence-corrected chi connectivity index (χ3v) is 4.18. The Morgan fingerprint density at radius 1 is 1.38 bits per heavy atom. The highest BCUT2D eigenvalue weighted by Gasteiger charge is 2.38. The van der Waals surface area contributed by atoms with E-state index in [2.05, 4.69) is 5.32 Å². The predicted molar refractivity (Wildman–Crippen MR) is 76.1 cm³/mol. The van der Waals surface area contributed by atoms with Gasteiger partial charge < -0.3 is 15.2 Å². The Balaban J connectivity index is 1.67. The van der Waals surface area contributed by atoms with Crippen LogP contribution in [0.3, 0.4) is 0 Å². The van der Waals surface area contributed by atoms with Gasteiger partial charge in [-0.3, -0.25) is 4.79 Å². The number of amides is 1. The number of nitrogens with one attached hydrogen (secondary N) is 1. The SMILES string of the molecule is COCC(=O)NC1CCC(OOC2(O)C=CCC2C)CC1. The largest absolute Gasteiger partial charge is 0.375 e. The summed E-state index contributed by atoms with van der Waals surface area (Å²) in [4.78, 5) is 22.1. The first-order chi connectivity index (χ1) is 10.0. The van der Waals surface area contributed by atoms with Crippen LogP contribution in [0.1, 0.15) is 39.0 Å². The zero-order chi connectivity index (χ0) is 15.3. The molecule has 0 spiro atoms. The maximum atomic E-state index is 11.4. The van der Waals surface area contributed by atoms with Crippen molar-refractivity contribution in [3.63, 3.8) is 0 Å². The fraction of sp³-hybridized carbons (Fsp3) is 0.800. The van der Waals surface area contributed by atoms with Gasteiger partial charge in [-0.2, -0.15) is 4.89 Å². The smallest absolute Gasteiger partial charge is 0.246 e. The molecule has 0 aliphatic heterocycles. The first-order valence-corrected chi connectivity index (χ1v) is 7.56. The first-order valence-electron chi connectivity index (χ1n) is 7.56. The van der Waals surface area contributed by atoms with E-state index in [4.69, 9.17) is 14.5 Å². The summed E-state index contributed by atoms with van der Waals surface area (Å²) < 4.78 is 4.79. The monoisotopic (exact) mass is 299 g/mol. The molecular formula is C15H25NO5. The van der Waals surface area contributed by atoms with Crippen LogP contribution < -0.4 is 5.32 Å². The van der Waals surface area contributed by atoms with E-state index >= 15 is 0 Å². The second-order valence-electron chi connectivity index (χ2n) is 5.94. The maximum Gasteiger partial charge on any atom is 0.246 e. The molecule has 0 saturated heterocycles. The molecule has 1 fully saturated rings. The zero-order valence-electron chi connectivity index (χ0n) is 12.7. The molecule has 2 rings (SSSR count). The summed E-state index contributed by atoms with van der Waals surface area (Å²) in [5.41, 5.74) is 0. The molecule has 21 heavy (non-hydrogen) atoms. The second kappa shape index (κ2) is 7.35. The lowest BCUT2D eigenvalue weighted by atomic mass is 9.93. The van der Waals surface area contributed by atoms with Gasteiger partial charge in [-0.25, -0.2) is 4.89 Å². The highest BCUT2D eigenvalue weighted by molar-refractivity contribution is 5.77. The Morgan fingerprint density at radius 3 is 2.67 bits per heavy atom. The predicted octanol–water partition coefficient (Wildman–Crippen LogP) is 1.29. The minimum atomic E-state index is -1.30. The third kappa shape index (κ3) is 4.51. The maximum absolute atomic E-state index is 11.4. The Morgan fingerprint density at radius 2 is 2.10 bits per heavy atom. The second-order valence-corrected chi connectivity index (χ2v) is 5.94. The quantitative estimate of drug-likeness (QED) is 0.334. The van der Waals surface area contributed by atoms with Crippen molar-refractivity contribution in [2.24, 2.45) is 5.92 Å². The van der Waals surface area contributed by atoms with Crippen molar-refractivity contribution < 1.29 is 24.4 Å². The molecule has 0 aromatic heterocycles. The van der Waals surface area contributed by atoms with Gasteiger partial charge in [0.15, 0.2) is 0 Å². The summed E-state index contributed by atoms with van der Waals surface area (Å²) in [7, 11) is 1.50. The summed E-state index contributed by atoms with van der Waals surface area (Å²) in [5, 5.41) is 13.1. The van der Waals surface area contributed by atoms with E-state index in [0.29, 0.717) is 0 Å². The summed E-state index contributed by atoms with van der Waals surface area (Å²) in [6, 6.07) is 0.167. The number of rotatable bonds is 6. The average molecular weight is 299 g/mol. The molecule has 2 aliphatic rings. The average Bonchev–Trinajstić information content (AvgIpc) is 2.79. The van der Waals surface area contributed by atoms with Crippen LogP contribution in [0, 0.1) is 5.92 Å². The van der Waals surface area contributed by atoms with E-state index in [9.17, 15) is 9.90 Å². The van der Waals surface area contributed by atoms with E-state index < -0.39 is 5.79 Å². The lowest BCUT2D eigenvalue weighted by molar-refractivity contribution is -0.432. The number of methoxy groups -OCH3 is 1. The van der Waals surface area contributed by atoms with E-state index in [-0.39, 0.29) is 30.6 Å². The summed E-state index contributed by atoms with van der Waals surface area (Å²) in [5.74, 6) is -1.39. The highest BCUT2D eigenvalue weighted by atomic mass is 17.2. The standard InChI is InChI=1S/C15H25NO5/c1-11-4-3-9-15(11,18)21-20-13-7-5-12(6-8-13)16-14(17)10-19-2/h3,9,11-13,18H,4-8,10H2,1-2H3,(H,16,17). The summed E-state index contributed by atoms with van der Waals surface area (Å²) in [6.07, 6.45) is 7.58.